The molecule has 0 aromatic heterocycles. The van der Waals surface area contributed by atoms with Crippen molar-refractivity contribution < 1.29 is 9.53 Å². The molecule has 0 amide bonds. The van der Waals surface area contributed by atoms with Crippen LogP contribution in [-0.2, 0) is 9.53 Å². The lowest BCUT2D eigenvalue weighted by Crippen LogP contribution is -2.29. The Labute approximate surface area is 72.4 Å². The average Bonchev–Trinajstić information content (AvgIpc) is 2.36. The van der Waals surface area contributed by atoms with E-state index in [1.54, 1.807) is 0 Å². The lowest BCUT2D eigenvalue weighted by Gasteiger charge is -2.16. The Bertz CT molecular complexity index is 191. The van der Waals surface area contributed by atoms with E-state index in [9.17, 15) is 4.79 Å². The van der Waals surface area contributed by atoms with Crippen LogP contribution in [-0.4, -0.2) is 42.6 Å². The largest absolute Gasteiger partial charge is 0.465 e. The zero-order valence-electron chi connectivity index (χ0n) is 7.49. The first kappa shape index (κ1) is 8.90. The van der Waals surface area contributed by atoms with Gasteiger partial charge in [0.2, 0.25) is 0 Å². The molecule has 0 N–H and O–H groups in total. The van der Waals surface area contributed by atoms with Crippen molar-refractivity contribution >= 4 is 5.97 Å². The van der Waals surface area contributed by atoms with E-state index in [1.165, 1.54) is 0 Å². The quantitative estimate of drug-likeness (QED) is 0.567. The van der Waals surface area contributed by atoms with Gasteiger partial charge in [0.05, 0.1) is 13.3 Å². The highest BCUT2D eigenvalue weighted by Crippen LogP contribution is 2.02. The summed E-state index contributed by atoms with van der Waals surface area (Å²) < 4.78 is 4.81. The highest BCUT2D eigenvalue weighted by molar-refractivity contribution is 5.71. The van der Waals surface area contributed by atoms with E-state index in [2.05, 4.69) is 0 Å². The fraction of sp³-hybridized carbons (Fsp3) is 0.625. The van der Waals surface area contributed by atoms with Gasteiger partial charge in [-0.2, -0.15) is 0 Å². The molecule has 68 valence electrons. The molecule has 4 heteroatoms. The summed E-state index contributed by atoms with van der Waals surface area (Å²) in [6.45, 7) is 3.36. The molecular weight excluding hydrogens is 156 g/mol. The molecule has 0 bridgehead atoms. The van der Waals surface area contributed by atoms with Gasteiger partial charge in [-0.3, -0.25) is 4.79 Å². The van der Waals surface area contributed by atoms with E-state index in [1.807, 2.05) is 36.2 Å². The van der Waals surface area contributed by atoms with E-state index in [4.69, 9.17) is 4.74 Å². The van der Waals surface area contributed by atoms with Gasteiger partial charge in [-0.15, -0.1) is 0 Å². The molecule has 0 radical (unpaired) electrons. The second-order valence-corrected chi connectivity index (χ2v) is 2.75. The lowest BCUT2D eigenvalue weighted by molar-refractivity contribution is -0.143. The Morgan fingerprint density at radius 2 is 2.33 bits per heavy atom. The molecule has 0 fully saturated rings. The Hall–Kier alpha value is -1.19. The minimum Gasteiger partial charge on any atom is -0.465 e. The van der Waals surface area contributed by atoms with E-state index < -0.39 is 0 Å². The number of carbonyl (C=O) groups is 1. The van der Waals surface area contributed by atoms with Crippen LogP contribution in [0.15, 0.2) is 12.4 Å². The van der Waals surface area contributed by atoms with Crippen molar-refractivity contribution in [2.45, 2.75) is 6.92 Å². The molecule has 0 saturated heterocycles. The molecule has 1 aliphatic heterocycles. The predicted molar refractivity (Wildman–Crippen MR) is 45.1 cm³/mol. The zero-order valence-corrected chi connectivity index (χ0v) is 7.49. The van der Waals surface area contributed by atoms with Crippen molar-refractivity contribution in [3.05, 3.63) is 12.4 Å². The first-order chi connectivity index (χ1) is 5.72. The molecule has 4 nitrogen and oxygen atoms in total. The van der Waals surface area contributed by atoms with Crippen molar-refractivity contribution in [1.82, 2.24) is 9.80 Å². The van der Waals surface area contributed by atoms with Gasteiger partial charge in [0.1, 0.15) is 6.54 Å². The van der Waals surface area contributed by atoms with Crippen molar-refractivity contribution in [3.63, 3.8) is 0 Å². The van der Waals surface area contributed by atoms with Crippen molar-refractivity contribution in [3.8, 4) is 0 Å². The Balaban J connectivity index is 2.24. The summed E-state index contributed by atoms with van der Waals surface area (Å²) in [4.78, 5) is 14.9. The molecular formula is C8H14N2O2. The van der Waals surface area contributed by atoms with Crippen LogP contribution in [0.4, 0.5) is 0 Å². The van der Waals surface area contributed by atoms with E-state index in [-0.39, 0.29) is 5.97 Å². The smallest absolute Gasteiger partial charge is 0.325 e. The molecule has 1 rings (SSSR count). The molecule has 0 unspecified atom stereocenters. The summed E-state index contributed by atoms with van der Waals surface area (Å²) in [5.74, 6) is -0.169. The lowest BCUT2D eigenvalue weighted by atomic mass is 10.6. The third-order valence-electron chi connectivity index (χ3n) is 1.57. The summed E-state index contributed by atoms with van der Waals surface area (Å²) in [7, 11) is 1.96. The molecule has 0 aliphatic carbocycles. The number of hydrogen-bond donors (Lipinski definition) is 0. The second-order valence-electron chi connectivity index (χ2n) is 2.75. The Morgan fingerprint density at radius 1 is 1.58 bits per heavy atom. The molecule has 12 heavy (non-hydrogen) atoms. The van der Waals surface area contributed by atoms with Crippen LogP contribution in [0.2, 0.25) is 0 Å². The zero-order chi connectivity index (χ0) is 8.97. The van der Waals surface area contributed by atoms with Gasteiger partial charge in [-0.05, 0) is 6.92 Å². The number of hydrogen-bond acceptors (Lipinski definition) is 4. The fourth-order valence-electron chi connectivity index (χ4n) is 1.06. The molecule has 0 aromatic rings. The van der Waals surface area contributed by atoms with Crippen LogP contribution in [0.25, 0.3) is 0 Å². The van der Waals surface area contributed by atoms with Gasteiger partial charge < -0.3 is 14.5 Å². The Morgan fingerprint density at radius 3 is 2.83 bits per heavy atom. The summed E-state index contributed by atoms with van der Waals surface area (Å²) in [5, 5.41) is 0. The number of carbonyl (C=O) groups excluding carboxylic acids is 1. The van der Waals surface area contributed by atoms with Crippen LogP contribution >= 0.6 is 0 Å². The predicted octanol–water partition coefficient (Wildman–Crippen LogP) is 0.226. The van der Waals surface area contributed by atoms with Crippen molar-refractivity contribution in [2.75, 3.05) is 26.9 Å². The number of nitrogens with zero attached hydrogens (tertiary/aromatic N) is 2. The molecule has 0 spiro atoms. The van der Waals surface area contributed by atoms with Gasteiger partial charge in [0.15, 0.2) is 0 Å². The van der Waals surface area contributed by atoms with Crippen molar-refractivity contribution in [1.29, 1.82) is 0 Å². The van der Waals surface area contributed by atoms with Crippen LogP contribution in [0.5, 0.6) is 0 Å². The summed E-state index contributed by atoms with van der Waals surface area (Å²) in [6, 6.07) is 0. The molecule has 1 heterocycles. The monoisotopic (exact) mass is 170 g/mol. The summed E-state index contributed by atoms with van der Waals surface area (Å²) >= 11 is 0. The maximum atomic E-state index is 11.0. The van der Waals surface area contributed by atoms with Crippen LogP contribution in [0.1, 0.15) is 6.92 Å². The number of ether oxygens (including phenoxy) is 1. The maximum absolute atomic E-state index is 11.0. The first-order valence-electron chi connectivity index (χ1n) is 4.00. The third-order valence-corrected chi connectivity index (χ3v) is 1.57. The highest BCUT2D eigenvalue weighted by Gasteiger charge is 2.12. The van der Waals surface area contributed by atoms with Gasteiger partial charge >= 0.3 is 5.97 Å². The van der Waals surface area contributed by atoms with E-state index in [0.717, 1.165) is 6.67 Å². The maximum Gasteiger partial charge on any atom is 0.325 e. The molecule has 0 saturated carbocycles. The van der Waals surface area contributed by atoms with Crippen molar-refractivity contribution in [2.24, 2.45) is 0 Å². The minimum atomic E-state index is -0.169. The van der Waals surface area contributed by atoms with E-state index in [0.29, 0.717) is 13.2 Å². The SMILES string of the molecule is CCOC(=O)CN1C=CN(C)C1. The normalized spacial score (nSPS) is 15.5. The topological polar surface area (TPSA) is 32.8 Å². The average molecular weight is 170 g/mol. The summed E-state index contributed by atoms with van der Waals surface area (Å²) in [5.41, 5.74) is 0. The van der Waals surface area contributed by atoms with Gasteiger partial charge in [0, 0.05) is 19.4 Å². The highest BCUT2D eigenvalue weighted by atomic mass is 16.5. The molecule has 0 atom stereocenters. The fourth-order valence-corrected chi connectivity index (χ4v) is 1.06. The van der Waals surface area contributed by atoms with E-state index >= 15 is 0 Å². The first-order valence-corrected chi connectivity index (χ1v) is 4.00. The van der Waals surface area contributed by atoms with Crippen LogP contribution in [0.3, 0.4) is 0 Å². The minimum absolute atomic E-state index is 0.169. The van der Waals surface area contributed by atoms with Gasteiger partial charge in [-0.25, -0.2) is 0 Å². The summed E-state index contributed by atoms with van der Waals surface area (Å²) in [6.07, 6.45) is 3.82. The third kappa shape index (κ3) is 2.45. The standard InChI is InChI=1S/C8H14N2O2/c1-3-12-8(11)6-10-5-4-9(2)7-10/h4-5H,3,6-7H2,1-2H3. The molecule has 1 aliphatic rings. The second kappa shape index (κ2) is 3.99. The van der Waals surface area contributed by atoms with Crippen LogP contribution < -0.4 is 0 Å². The Kier molecular flexibility index (Phi) is 2.96. The number of rotatable bonds is 3. The van der Waals surface area contributed by atoms with Crippen LogP contribution in [0, 0.1) is 0 Å². The van der Waals surface area contributed by atoms with Gasteiger partial charge in [-0.1, -0.05) is 0 Å². The number of esters is 1. The van der Waals surface area contributed by atoms with Gasteiger partial charge in [0.25, 0.3) is 0 Å². The molecule has 0 aromatic carbocycles.